The van der Waals surface area contributed by atoms with Crippen molar-refractivity contribution in [1.29, 1.82) is 0 Å². The number of rotatable bonds is 6. The fraction of sp³-hybridized carbons (Fsp3) is 0.364. The van der Waals surface area contributed by atoms with E-state index in [2.05, 4.69) is 10.6 Å². The summed E-state index contributed by atoms with van der Waals surface area (Å²) in [6.07, 6.45) is 4.35. The van der Waals surface area contributed by atoms with E-state index in [4.69, 9.17) is 5.73 Å². The largest absolute Gasteiger partial charge is 0.326 e. The van der Waals surface area contributed by atoms with Crippen LogP contribution < -0.4 is 16.4 Å². The molecule has 0 heterocycles. The van der Waals surface area contributed by atoms with Crippen LogP contribution in [0.4, 0.5) is 11.4 Å². The van der Waals surface area contributed by atoms with Crippen LogP contribution >= 0.6 is 12.4 Å². The summed E-state index contributed by atoms with van der Waals surface area (Å²) >= 11 is 0. The first-order chi connectivity index (χ1) is 13.0. The Bertz CT molecular complexity index is 805. The number of halogens is 1. The molecular formula is C22H28ClN3O2. The molecule has 1 fully saturated rings. The van der Waals surface area contributed by atoms with Crippen molar-refractivity contribution in [1.82, 2.24) is 0 Å². The SMILES string of the molecule is Cc1ccc(NC(=O)C2CCCC2)cc1NC(=O)CC(N)c1ccccc1.Cl. The Morgan fingerprint density at radius 2 is 1.75 bits per heavy atom. The molecular weight excluding hydrogens is 374 g/mol. The Balaban J connectivity index is 0.00000280. The van der Waals surface area contributed by atoms with Gasteiger partial charge in [0, 0.05) is 29.8 Å². The molecule has 28 heavy (non-hydrogen) atoms. The molecule has 0 radical (unpaired) electrons. The zero-order valence-corrected chi connectivity index (χ0v) is 16.9. The van der Waals surface area contributed by atoms with Gasteiger partial charge in [-0.2, -0.15) is 0 Å². The van der Waals surface area contributed by atoms with Crippen LogP contribution in [0, 0.1) is 12.8 Å². The average molecular weight is 402 g/mol. The lowest BCUT2D eigenvalue weighted by molar-refractivity contribution is -0.119. The second kappa shape index (κ2) is 10.2. The topological polar surface area (TPSA) is 84.2 Å². The maximum atomic E-state index is 12.4. The van der Waals surface area contributed by atoms with E-state index in [1.807, 2.05) is 55.5 Å². The Kier molecular flexibility index (Phi) is 8.03. The number of hydrogen-bond donors (Lipinski definition) is 3. The van der Waals surface area contributed by atoms with E-state index in [0.29, 0.717) is 11.4 Å². The molecule has 1 unspecified atom stereocenters. The lowest BCUT2D eigenvalue weighted by Gasteiger charge is -2.15. The van der Waals surface area contributed by atoms with E-state index in [1.165, 1.54) is 0 Å². The first-order valence-electron chi connectivity index (χ1n) is 9.55. The first-order valence-corrected chi connectivity index (χ1v) is 9.55. The highest BCUT2D eigenvalue weighted by molar-refractivity contribution is 5.95. The molecule has 5 nitrogen and oxygen atoms in total. The third-order valence-electron chi connectivity index (χ3n) is 5.14. The lowest BCUT2D eigenvalue weighted by atomic mass is 10.0. The van der Waals surface area contributed by atoms with Crippen LogP contribution in [0.3, 0.4) is 0 Å². The van der Waals surface area contributed by atoms with Gasteiger partial charge in [0.1, 0.15) is 0 Å². The summed E-state index contributed by atoms with van der Waals surface area (Å²) < 4.78 is 0. The monoisotopic (exact) mass is 401 g/mol. The van der Waals surface area contributed by atoms with Crippen LogP contribution in [-0.2, 0) is 9.59 Å². The molecule has 2 aromatic rings. The molecule has 0 saturated heterocycles. The van der Waals surface area contributed by atoms with Crippen molar-refractivity contribution in [3.8, 4) is 0 Å². The summed E-state index contributed by atoms with van der Waals surface area (Å²) in [5, 5.41) is 5.90. The molecule has 2 amide bonds. The molecule has 0 aliphatic heterocycles. The number of amides is 2. The number of carbonyl (C=O) groups is 2. The van der Waals surface area contributed by atoms with Gasteiger partial charge in [-0.15, -0.1) is 12.4 Å². The van der Waals surface area contributed by atoms with Gasteiger partial charge in [0.2, 0.25) is 11.8 Å². The second-order valence-electron chi connectivity index (χ2n) is 7.27. The van der Waals surface area contributed by atoms with Crippen LogP contribution in [-0.4, -0.2) is 11.8 Å². The number of hydrogen-bond acceptors (Lipinski definition) is 3. The van der Waals surface area contributed by atoms with Crippen molar-refractivity contribution in [2.75, 3.05) is 10.6 Å². The summed E-state index contributed by atoms with van der Waals surface area (Å²) in [5.41, 5.74) is 9.42. The smallest absolute Gasteiger partial charge is 0.227 e. The highest BCUT2D eigenvalue weighted by Crippen LogP contribution is 2.27. The molecule has 1 saturated carbocycles. The fourth-order valence-corrected chi connectivity index (χ4v) is 3.49. The predicted molar refractivity (Wildman–Crippen MR) is 116 cm³/mol. The minimum atomic E-state index is -0.350. The Morgan fingerprint density at radius 3 is 2.43 bits per heavy atom. The van der Waals surface area contributed by atoms with Gasteiger partial charge in [-0.25, -0.2) is 0 Å². The van der Waals surface area contributed by atoms with E-state index >= 15 is 0 Å². The van der Waals surface area contributed by atoms with Crippen molar-refractivity contribution in [3.63, 3.8) is 0 Å². The van der Waals surface area contributed by atoms with Gasteiger partial charge in [-0.1, -0.05) is 49.2 Å². The summed E-state index contributed by atoms with van der Waals surface area (Å²) in [5.74, 6) is 0.0293. The Hall–Kier alpha value is -2.37. The highest BCUT2D eigenvalue weighted by Gasteiger charge is 2.22. The molecule has 4 N–H and O–H groups in total. The van der Waals surface area contributed by atoms with Crippen LogP contribution in [0.2, 0.25) is 0 Å². The summed E-state index contributed by atoms with van der Waals surface area (Å²) in [4.78, 5) is 24.7. The number of aryl methyl sites for hydroxylation is 1. The van der Waals surface area contributed by atoms with Crippen LogP contribution in [0.5, 0.6) is 0 Å². The first kappa shape index (κ1) is 21.9. The molecule has 2 aromatic carbocycles. The third-order valence-corrected chi connectivity index (χ3v) is 5.14. The molecule has 0 aromatic heterocycles. The highest BCUT2D eigenvalue weighted by atomic mass is 35.5. The van der Waals surface area contributed by atoms with Gasteiger partial charge < -0.3 is 16.4 Å². The zero-order valence-electron chi connectivity index (χ0n) is 16.1. The van der Waals surface area contributed by atoms with Crippen LogP contribution in [0.25, 0.3) is 0 Å². The van der Waals surface area contributed by atoms with Gasteiger partial charge in [0.05, 0.1) is 0 Å². The van der Waals surface area contributed by atoms with Gasteiger partial charge in [0.25, 0.3) is 0 Å². The number of benzene rings is 2. The summed E-state index contributed by atoms with van der Waals surface area (Å²) in [6.45, 7) is 1.93. The fourth-order valence-electron chi connectivity index (χ4n) is 3.49. The molecule has 3 rings (SSSR count). The quantitative estimate of drug-likeness (QED) is 0.662. The maximum Gasteiger partial charge on any atom is 0.227 e. The normalized spacial score (nSPS) is 14.8. The Labute approximate surface area is 172 Å². The number of nitrogens with two attached hydrogens (primary N) is 1. The van der Waals surface area contributed by atoms with E-state index < -0.39 is 0 Å². The van der Waals surface area contributed by atoms with Gasteiger partial charge in [-0.3, -0.25) is 9.59 Å². The van der Waals surface area contributed by atoms with Crippen LogP contribution in [0.1, 0.15) is 49.3 Å². The Morgan fingerprint density at radius 1 is 1.07 bits per heavy atom. The zero-order chi connectivity index (χ0) is 19.2. The van der Waals surface area contributed by atoms with Crippen molar-refractivity contribution in [3.05, 3.63) is 59.7 Å². The predicted octanol–water partition coefficient (Wildman–Crippen LogP) is 4.57. The molecule has 6 heteroatoms. The van der Waals surface area contributed by atoms with Crippen molar-refractivity contribution in [2.24, 2.45) is 11.7 Å². The van der Waals surface area contributed by atoms with Crippen molar-refractivity contribution < 1.29 is 9.59 Å². The minimum Gasteiger partial charge on any atom is -0.326 e. The lowest BCUT2D eigenvalue weighted by Crippen LogP contribution is -2.22. The molecule has 0 spiro atoms. The van der Waals surface area contributed by atoms with E-state index in [9.17, 15) is 9.59 Å². The van der Waals surface area contributed by atoms with E-state index in [-0.39, 0.29) is 42.6 Å². The van der Waals surface area contributed by atoms with Crippen molar-refractivity contribution >= 4 is 35.6 Å². The average Bonchev–Trinajstić information content (AvgIpc) is 3.20. The van der Waals surface area contributed by atoms with E-state index in [1.54, 1.807) is 0 Å². The second-order valence-corrected chi connectivity index (χ2v) is 7.27. The van der Waals surface area contributed by atoms with Crippen LogP contribution in [0.15, 0.2) is 48.5 Å². The number of anilines is 2. The molecule has 0 bridgehead atoms. The van der Waals surface area contributed by atoms with Gasteiger partial charge >= 0.3 is 0 Å². The molecule has 1 aliphatic carbocycles. The number of nitrogens with one attached hydrogen (secondary N) is 2. The van der Waals surface area contributed by atoms with Gasteiger partial charge in [0.15, 0.2) is 0 Å². The van der Waals surface area contributed by atoms with Gasteiger partial charge in [-0.05, 0) is 43.0 Å². The summed E-state index contributed by atoms with van der Waals surface area (Å²) in [7, 11) is 0. The molecule has 150 valence electrons. The standard InChI is InChI=1S/C22H27N3O2.ClH/c1-15-11-12-18(24-22(27)17-9-5-6-10-17)13-20(15)25-21(26)14-19(23)16-7-3-2-4-8-16;/h2-4,7-8,11-13,17,19H,5-6,9-10,14,23H2,1H3,(H,24,27)(H,25,26);1H. The van der Waals surface area contributed by atoms with E-state index in [0.717, 1.165) is 36.8 Å². The van der Waals surface area contributed by atoms with Crippen molar-refractivity contribution in [2.45, 2.75) is 45.1 Å². The number of carbonyl (C=O) groups excluding carboxylic acids is 2. The third kappa shape index (κ3) is 5.81. The maximum absolute atomic E-state index is 12.4. The minimum absolute atomic E-state index is 0. The molecule has 1 aliphatic rings. The summed E-state index contributed by atoms with van der Waals surface area (Å²) in [6, 6.07) is 14.8. The molecule has 1 atom stereocenters.